The topological polar surface area (TPSA) is 127 Å². The van der Waals surface area contributed by atoms with Crippen LogP contribution in [-0.4, -0.2) is 51.0 Å². The van der Waals surface area contributed by atoms with Crippen molar-refractivity contribution in [1.29, 1.82) is 0 Å². The Morgan fingerprint density at radius 1 is 1.08 bits per heavy atom. The molecule has 214 valence electrons. The number of esters is 2. The normalized spacial score (nSPS) is 39.0. The van der Waals surface area contributed by atoms with E-state index in [4.69, 9.17) is 9.47 Å². The van der Waals surface area contributed by atoms with Crippen molar-refractivity contribution in [2.24, 2.45) is 33.5 Å². The van der Waals surface area contributed by atoms with Gasteiger partial charge in [-0.3, -0.25) is 19.2 Å². The second kappa shape index (κ2) is 8.71. The largest absolute Gasteiger partial charge is 0.456 e. The summed E-state index contributed by atoms with van der Waals surface area (Å²) in [4.78, 5) is 51.5. The zero-order valence-electron chi connectivity index (χ0n) is 24.5. The smallest absolute Gasteiger partial charge is 0.320 e. The molecule has 0 saturated heterocycles. The van der Waals surface area contributed by atoms with Crippen molar-refractivity contribution in [2.45, 2.75) is 98.9 Å². The molecular formula is C31H42O8. The van der Waals surface area contributed by atoms with Crippen LogP contribution in [-0.2, 0) is 28.7 Å². The predicted octanol–water partition coefficient (Wildman–Crippen LogP) is 3.99. The van der Waals surface area contributed by atoms with Gasteiger partial charge in [0.05, 0.1) is 23.2 Å². The summed E-state index contributed by atoms with van der Waals surface area (Å²) in [7, 11) is 0. The number of allylic oxidation sites excluding steroid dienone is 2. The molecule has 0 radical (unpaired) electrons. The third-order valence-electron chi connectivity index (χ3n) is 10.6. The minimum atomic E-state index is -1.99. The molecule has 3 aliphatic carbocycles. The van der Waals surface area contributed by atoms with Crippen LogP contribution in [0.15, 0.2) is 35.6 Å². The van der Waals surface area contributed by atoms with Gasteiger partial charge in [-0.05, 0) is 88.9 Å². The van der Waals surface area contributed by atoms with Gasteiger partial charge in [-0.2, -0.15) is 0 Å². The van der Waals surface area contributed by atoms with Crippen LogP contribution in [0.5, 0.6) is 0 Å². The van der Waals surface area contributed by atoms with Gasteiger partial charge in [0.15, 0.2) is 5.78 Å². The Morgan fingerprint density at radius 2 is 1.69 bits per heavy atom. The van der Waals surface area contributed by atoms with E-state index in [2.05, 4.69) is 0 Å². The summed E-state index contributed by atoms with van der Waals surface area (Å²) < 4.78 is 10.7. The SMILES string of the molecule is CC(=O)OC(C)(C)C=CC(=O)C(C)(O)C1C(O)CC2(C)C3CC=C4C(=COC(=O)C4(C)C)C3(C)C(=O)CC12C. The van der Waals surface area contributed by atoms with E-state index in [9.17, 15) is 29.4 Å². The Kier molecular flexibility index (Phi) is 6.57. The van der Waals surface area contributed by atoms with E-state index in [0.29, 0.717) is 18.4 Å². The van der Waals surface area contributed by atoms with Gasteiger partial charge in [-0.25, -0.2) is 0 Å². The van der Waals surface area contributed by atoms with Crippen molar-refractivity contribution in [3.63, 3.8) is 0 Å². The number of hydrogen-bond donors (Lipinski definition) is 2. The standard InChI is InChI=1S/C31H42O8/c1-17(32)39-26(2,3)13-12-22(34)31(9,37)24-20(33)14-28(6)21-11-10-18-19(16-38-25(36)27(18,4)5)30(21,8)23(35)15-29(24,28)7/h10,12-13,16,20-21,24,33,37H,11,14-15H2,1-9H3. The number of hydrogen-bond acceptors (Lipinski definition) is 8. The summed E-state index contributed by atoms with van der Waals surface area (Å²) in [6.45, 7) is 15.4. The molecule has 4 aliphatic rings. The fourth-order valence-corrected chi connectivity index (χ4v) is 8.37. The molecule has 1 heterocycles. The lowest BCUT2D eigenvalue weighted by atomic mass is 9.40. The first-order chi connectivity index (χ1) is 17.7. The maximum atomic E-state index is 14.2. The van der Waals surface area contributed by atoms with Crippen molar-refractivity contribution in [2.75, 3.05) is 0 Å². The first kappa shape index (κ1) is 29.4. The zero-order chi connectivity index (χ0) is 29.6. The Labute approximate surface area is 230 Å². The summed E-state index contributed by atoms with van der Waals surface area (Å²) in [5.74, 6) is -2.73. The van der Waals surface area contributed by atoms with Crippen molar-refractivity contribution in [3.8, 4) is 0 Å². The van der Waals surface area contributed by atoms with E-state index in [-0.39, 0.29) is 24.1 Å². The van der Waals surface area contributed by atoms with Gasteiger partial charge in [0.2, 0.25) is 0 Å². The molecule has 0 bridgehead atoms. The number of cyclic esters (lactones) is 1. The molecule has 8 nitrogen and oxygen atoms in total. The van der Waals surface area contributed by atoms with Crippen molar-refractivity contribution in [3.05, 3.63) is 35.6 Å². The number of carbonyl (C=O) groups excluding carboxylic acids is 4. The molecule has 4 rings (SSSR count). The summed E-state index contributed by atoms with van der Waals surface area (Å²) in [6, 6.07) is 0. The number of ketones is 2. The quantitative estimate of drug-likeness (QED) is 0.394. The minimum Gasteiger partial charge on any atom is -0.456 e. The summed E-state index contributed by atoms with van der Waals surface area (Å²) in [6.07, 6.45) is 5.88. The molecule has 0 amide bonds. The molecule has 0 aromatic heterocycles. The van der Waals surface area contributed by atoms with Crippen LogP contribution in [0.1, 0.15) is 81.6 Å². The molecule has 7 unspecified atom stereocenters. The predicted molar refractivity (Wildman–Crippen MR) is 143 cm³/mol. The van der Waals surface area contributed by atoms with Crippen LogP contribution in [0, 0.1) is 33.5 Å². The average Bonchev–Trinajstić information content (AvgIpc) is 2.99. The lowest BCUT2D eigenvalue weighted by molar-refractivity contribution is -0.172. The van der Waals surface area contributed by atoms with Gasteiger partial charge in [-0.15, -0.1) is 0 Å². The first-order valence-corrected chi connectivity index (χ1v) is 13.7. The first-order valence-electron chi connectivity index (χ1n) is 13.7. The van der Waals surface area contributed by atoms with E-state index < -0.39 is 56.6 Å². The maximum Gasteiger partial charge on any atom is 0.320 e. The monoisotopic (exact) mass is 542 g/mol. The molecular weight excluding hydrogens is 500 g/mol. The van der Waals surface area contributed by atoms with Gasteiger partial charge in [0.25, 0.3) is 0 Å². The van der Waals surface area contributed by atoms with Gasteiger partial charge < -0.3 is 19.7 Å². The summed E-state index contributed by atoms with van der Waals surface area (Å²) in [5.41, 5.74) is -4.92. The fraction of sp³-hybridized carbons (Fsp3) is 0.677. The molecule has 1 aliphatic heterocycles. The van der Waals surface area contributed by atoms with Gasteiger partial charge in [0.1, 0.15) is 17.0 Å². The molecule has 0 aromatic carbocycles. The highest BCUT2D eigenvalue weighted by Crippen LogP contribution is 2.73. The van der Waals surface area contributed by atoms with Gasteiger partial charge in [-0.1, -0.05) is 19.9 Å². The van der Waals surface area contributed by atoms with Crippen LogP contribution >= 0.6 is 0 Å². The van der Waals surface area contributed by atoms with Crippen LogP contribution in [0.2, 0.25) is 0 Å². The number of aliphatic hydroxyl groups is 2. The lowest BCUT2D eigenvalue weighted by Gasteiger charge is -2.62. The van der Waals surface area contributed by atoms with Gasteiger partial charge in [0, 0.05) is 24.8 Å². The highest BCUT2D eigenvalue weighted by atomic mass is 16.6. The lowest BCUT2D eigenvalue weighted by Crippen LogP contribution is -2.63. The Morgan fingerprint density at radius 3 is 2.28 bits per heavy atom. The van der Waals surface area contributed by atoms with E-state index in [0.717, 1.165) is 5.57 Å². The second-order valence-corrected chi connectivity index (χ2v) is 13.9. The second-order valence-electron chi connectivity index (χ2n) is 13.9. The molecule has 2 fully saturated rings. The Balaban J connectivity index is 1.75. The number of ether oxygens (including phenoxy) is 2. The number of carbonyl (C=O) groups is 4. The summed E-state index contributed by atoms with van der Waals surface area (Å²) >= 11 is 0. The van der Waals surface area contributed by atoms with E-state index in [1.54, 1.807) is 27.7 Å². The van der Waals surface area contributed by atoms with Crippen LogP contribution in [0.25, 0.3) is 0 Å². The molecule has 0 aromatic rings. The number of rotatable bonds is 5. The molecule has 8 heteroatoms. The highest BCUT2D eigenvalue weighted by Gasteiger charge is 2.74. The van der Waals surface area contributed by atoms with Crippen molar-refractivity contribution >= 4 is 23.5 Å². The van der Waals surface area contributed by atoms with Crippen molar-refractivity contribution in [1.82, 2.24) is 0 Å². The Bertz CT molecular complexity index is 1230. The van der Waals surface area contributed by atoms with Crippen LogP contribution in [0.3, 0.4) is 0 Å². The third-order valence-corrected chi connectivity index (χ3v) is 10.6. The average molecular weight is 543 g/mol. The maximum absolute atomic E-state index is 14.2. The fourth-order valence-electron chi connectivity index (χ4n) is 8.37. The van der Waals surface area contributed by atoms with E-state index >= 15 is 0 Å². The summed E-state index contributed by atoms with van der Waals surface area (Å²) in [5, 5.41) is 23.2. The molecule has 39 heavy (non-hydrogen) atoms. The van der Waals surface area contributed by atoms with Gasteiger partial charge >= 0.3 is 11.9 Å². The molecule has 0 spiro atoms. The van der Waals surface area contributed by atoms with Crippen LogP contribution < -0.4 is 0 Å². The van der Waals surface area contributed by atoms with E-state index in [1.165, 1.54) is 32.3 Å². The molecule has 2 saturated carbocycles. The third kappa shape index (κ3) is 4.00. The Hall–Kier alpha value is -2.58. The van der Waals surface area contributed by atoms with Crippen LogP contribution in [0.4, 0.5) is 0 Å². The molecule has 2 N–H and O–H groups in total. The van der Waals surface area contributed by atoms with E-state index in [1.807, 2.05) is 26.8 Å². The number of fused-ring (bicyclic) bond motifs is 5. The van der Waals surface area contributed by atoms with Crippen molar-refractivity contribution < 1.29 is 38.9 Å². The number of Topliss-reactive ketones (excluding diaryl/α,β-unsaturated/α-hetero) is 1. The zero-order valence-corrected chi connectivity index (χ0v) is 24.5. The molecule has 7 atom stereocenters. The highest BCUT2D eigenvalue weighted by molar-refractivity contribution is 5.98. The number of aliphatic hydroxyl groups excluding tert-OH is 1. The minimum absolute atomic E-state index is 0.0449.